The maximum Gasteiger partial charge on any atom is 0.268 e. The van der Waals surface area contributed by atoms with Crippen LogP contribution in [0.2, 0.25) is 5.02 Å². The van der Waals surface area contributed by atoms with Crippen molar-refractivity contribution in [2.24, 2.45) is 0 Å². The molecule has 0 unspecified atom stereocenters. The number of nitrogens with one attached hydrogen (secondary N) is 1. The van der Waals surface area contributed by atoms with E-state index in [0.717, 1.165) is 0 Å². The zero-order valence-corrected chi connectivity index (χ0v) is 19.7. The minimum absolute atomic E-state index is 0.0472. The molecule has 0 spiro atoms. The summed E-state index contributed by atoms with van der Waals surface area (Å²) in [5.74, 6) is -0.300. The predicted octanol–water partition coefficient (Wildman–Crippen LogP) is 4.97. The van der Waals surface area contributed by atoms with E-state index in [4.69, 9.17) is 16.0 Å². The molecule has 0 atom stereocenters. The van der Waals surface area contributed by atoms with E-state index in [9.17, 15) is 18.5 Å². The molecular weight excluding hydrogens is 496 g/mol. The largest absolute Gasteiger partial charge is 0.457 e. The van der Waals surface area contributed by atoms with Crippen LogP contribution in [-0.2, 0) is 20.4 Å². The minimum atomic E-state index is -3.80. The SMILES string of the molecule is N#C/C(=C/c1ccc(-c2ccccc2Cl)o1)C(=O)Nc1nc(S(=O)(=O)Cc2ccccc2)ns1. The second kappa shape index (κ2) is 10.0. The average molecular weight is 511 g/mol. The predicted molar refractivity (Wildman–Crippen MR) is 129 cm³/mol. The number of sulfone groups is 1. The first-order valence-electron chi connectivity index (χ1n) is 9.74. The Morgan fingerprint density at radius 1 is 1.12 bits per heavy atom. The first kappa shape index (κ1) is 23.4. The number of hydrogen-bond donors (Lipinski definition) is 1. The van der Waals surface area contributed by atoms with Crippen LogP contribution in [0.4, 0.5) is 5.13 Å². The number of halogens is 1. The maximum absolute atomic E-state index is 12.6. The highest BCUT2D eigenvalue weighted by atomic mass is 35.5. The third kappa shape index (κ3) is 5.40. The van der Waals surface area contributed by atoms with Gasteiger partial charge in [-0.25, -0.2) is 8.42 Å². The molecule has 0 aliphatic heterocycles. The zero-order chi connectivity index (χ0) is 24.1. The van der Waals surface area contributed by atoms with Crippen LogP contribution >= 0.6 is 23.1 Å². The molecule has 34 heavy (non-hydrogen) atoms. The fraction of sp³-hybridized carbons (Fsp3) is 0.0435. The van der Waals surface area contributed by atoms with E-state index in [1.807, 2.05) is 6.07 Å². The van der Waals surface area contributed by atoms with Crippen molar-refractivity contribution < 1.29 is 17.6 Å². The molecule has 1 amide bonds. The van der Waals surface area contributed by atoms with E-state index in [2.05, 4.69) is 14.7 Å². The van der Waals surface area contributed by atoms with Crippen molar-refractivity contribution in [3.8, 4) is 17.4 Å². The molecule has 170 valence electrons. The molecule has 0 radical (unpaired) electrons. The van der Waals surface area contributed by atoms with E-state index in [0.29, 0.717) is 33.4 Å². The lowest BCUT2D eigenvalue weighted by Crippen LogP contribution is -2.13. The van der Waals surface area contributed by atoms with Crippen LogP contribution in [0, 0.1) is 11.3 Å². The number of carbonyl (C=O) groups excluding carboxylic acids is 1. The van der Waals surface area contributed by atoms with Crippen molar-refractivity contribution in [2.75, 3.05) is 5.32 Å². The van der Waals surface area contributed by atoms with Gasteiger partial charge >= 0.3 is 0 Å². The van der Waals surface area contributed by atoms with Gasteiger partial charge in [0, 0.05) is 23.2 Å². The third-order valence-electron chi connectivity index (χ3n) is 4.52. The molecule has 0 saturated heterocycles. The second-order valence-corrected chi connectivity index (χ2v) is 9.97. The highest BCUT2D eigenvalue weighted by Gasteiger charge is 2.22. The Bertz CT molecular complexity index is 1520. The number of benzene rings is 2. The summed E-state index contributed by atoms with van der Waals surface area (Å²) in [6.07, 6.45) is 1.27. The number of aromatic nitrogens is 2. The van der Waals surface area contributed by atoms with Gasteiger partial charge in [-0.1, -0.05) is 54.1 Å². The highest BCUT2D eigenvalue weighted by Crippen LogP contribution is 2.29. The summed E-state index contributed by atoms with van der Waals surface area (Å²) in [6.45, 7) is 0. The molecule has 2 aromatic heterocycles. The minimum Gasteiger partial charge on any atom is -0.457 e. The van der Waals surface area contributed by atoms with E-state index < -0.39 is 20.9 Å². The van der Waals surface area contributed by atoms with Crippen LogP contribution in [-0.4, -0.2) is 23.7 Å². The van der Waals surface area contributed by atoms with Crippen molar-refractivity contribution >= 4 is 50.1 Å². The normalized spacial score (nSPS) is 11.7. The highest BCUT2D eigenvalue weighted by molar-refractivity contribution is 7.90. The second-order valence-electron chi connectivity index (χ2n) is 6.93. The molecule has 0 bridgehead atoms. The van der Waals surface area contributed by atoms with Gasteiger partial charge in [-0.15, -0.1) is 0 Å². The Hall–Kier alpha value is -3.78. The molecule has 2 heterocycles. The van der Waals surface area contributed by atoms with Gasteiger partial charge in [0.05, 0.1) is 10.8 Å². The number of nitrogens with zero attached hydrogens (tertiary/aromatic N) is 3. The molecule has 11 heteroatoms. The van der Waals surface area contributed by atoms with Crippen LogP contribution in [0.15, 0.2) is 81.9 Å². The molecule has 8 nitrogen and oxygen atoms in total. The smallest absolute Gasteiger partial charge is 0.268 e. The van der Waals surface area contributed by atoms with Crippen molar-refractivity contribution in [3.63, 3.8) is 0 Å². The number of furan rings is 1. The fourth-order valence-corrected chi connectivity index (χ4v) is 5.25. The number of rotatable bonds is 7. The van der Waals surface area contributed by atoms with Gasteiger partial charge in [0.15, 0.2) is 0 Å². The molecule has 0 saturated carbocycles. The lowest BCUT2D eigenvalue weighted by Gasteiger charge is -2.01. The number of hydrogen-bond acceptors (Lipinski definition) is 8. The molecule has 0 aliphatic rings. The summed E-state index contributed by atoms with van der Waals surface area (Å²) in [5.41, 5.74) is 1.00. The summed E-state index contributed by atoms with van der Waals surface area (Å²) >= 11 is 6.88. The van der Waals surface area contributed by atoms with Gasteiger partial charge in [-0.3, -0.25) is 10.1 Å². The Morgan fingerprint density at radius 3 is 2.59 bits per heavy atom. The average Bonchev–Trinajstić information content (AvgIpc) is 3.48. The van der Waals surface area contributed by atoms with Gasteiger partial charge in [0.25, 0.3) is 11.1 Å². The molecular formula is C23H15ClN4O4S2. The summed E-state index contributed by atoms with van der Waals surface area (Å²) in [4.78, 5) is 16.5. The topological polar surface area (TPSA) is 126 Å². The van der Waals surface area contributed by atoms with Gasteiger partial charge < -0.3 is 4.42 Å². The summed E-state index contributed by atoms with van der Waals surface area (Å²) in [7, 11) is -3.80. The summed E-state index contributed by atoms with van der Waals surface area (Å²) in [5, 5.41) is 11.9. The molecule has 2 aromatic carbocycles. The standard InChI is InChI=1S/C23H15ClN4O4S2/c24-19-9-5-4-8-18(19)20-11-10-17(32-20)12-16(13-25)21(29)26-22-27-23(28-33-22)34(30,31)14-15-6-2-1-3-7-15/h1-12H,14H2,(H,26,27,28,29)/b16-12-. The first-order chi connectivity index (χ1) is 16.4. The number of nitriles is 1. The van der Waals surface area contributed by atoms with Crippen LogP contribution < -0.4 is 5.32 Å². The van der Waals surface area contributed by atoms with Gasteiger partial charge in [-0.05, 0) is 29.8 Å². The number of carbonyl (C=O) groups is 1. The van der Waals surface area contributed by atoms with Gasteiger partial charge in [0.1, 0.15) is 23.2 Å². The van der Waals surface area contributed by atoms with E-state index >= 15 is 0 Å². The van der Waals surface area contributed by atoms with Gasteiger partial charge in [0.2, 0.25) is 15.0 Å². The van der Waals surface area contributed by atoms with Crippen molar-refractivity contribution in [3.05, 3.63) is 88.6 Å². The van der Waals surface area contributed by atoms with E-state index in [-0.39, 0.29) is 22.2 Å². The Kier molecular flexibility index (Phi) is 6.88. The zero-order valence-electron chi connectivity index (χ0n) is 17.3. The monoisotopic (exact) mass is 510 g/mol. The Morgan fingerprint density at radius 2 is 1.85 bits per heavy atom. The van der Waals surface area contributed by atoms with Crippen LogP contribution in [0.25, 0.3) is 17.4 Å². The molecule has 1 N–H and O–H groups in total. The van der Waals surface area contributed by atoms with Crippen molar-refractivity contribution in [2.45, 2.75) is 10.9 Å². The van der Waals surface area contributed by atoms with Crippen molar-refractivity contribution in [1.82, 2.24) is 9.36 Å². The van der Waals surface area contributed by atoms with Crippen molar-refractivity contribution in [1.29, 1.82) is 5.26 Å². The number of amides is 1. The fourth-order valence-electron chi connectivity index (χ4n) is 2.94. The summed E-state index contributed by atoms with van der Waals surface area (Å²) < 4.78 is 34.7. The molecule has 0 fully saturated rings. The van der Waals surface area contributed by atoms with E-state index in [1.54, 1.807) is 66.7 Å². The number of anilines is 1. The molecule has 0 aliphatic carbocycles. The van der Waals surface area contributed by atoms with Crippen LogP contribution in [0.1, 0.15) is 11.3 Å². The Labute approximate surface area is 204 Å². The molecule has 4 aromatic rings. The molecule has 4 rings (SSSR count). The van der Waals surface area contributed by atoms with Crippen LogP contribution in [0.5, 0.6) is 0 Å². The lowest BCUT2D eigenvalue weighted by molar-refractivity contribution is -0.112. The Balaban J connectivity index is 1.48. The first-order valence-corrected chi connectivity index (χ1v) is 12.5. The van der Waals surface area contributed by atoms with E-state index in [1.165, 1.54) is 6.08 Å². The van der Waals surface area contributed by atoms with Crippen LogP contribution in [0.3, 0.4) is 0 Å². The lowest BCUT2D eigenvalue weighted by atomic mass is 10.2. The van der Waals surface area contributed by atoms with Gasteiger partial charge in [-0.2, -0.15) is 14.6 Å². The quantitative estimate of drug-likeness (QED) is 0.274. The summed E-state index contributed by atoms with van der Waals surface area (Å²) in [6, 6.07) is 20.8. The maximum atomic E-state index is 12.6. The third-order valence-corrected chi connectivity index (χ3v) is 7.05.